The van der Waals surface area contributed by atoms with Crippen LogP contribution in [0.5, 0.6) is 0 Å². The van der Waals surface area contributed by atoms with E-state index in [-0.39, 0.29) is 20.9 Å². The van der Waals surface area contributed by atoms with E-state index in [1.807, 2.05) is 6.08 Å². The summed E-state index contributed by atoms with van der Waals surface area (Å²) in [7, 11) is 0. The van der Waals surface area contributed by atoms with Crippen molar-refractivity contribution in [2.75, 3.05) is 0 Å². The molecule has 2 rings (SSSR count). The molecule has 0 radical (unpaired) electrons. The number of halogens is 3. The summed E-state index contributed by atoms with van der Waals surface area (Å²) < 4.78 is 39.9. The van der Waals surface area contributed by atoms with Crippen LogP contribution >= 0.6 is 0 Å². The van der Waals surface area contributed by atoms with Crippen molar-refractivity contribution in [2.24, 2.45) is 0 Å². The molecule has 0 nitrogen and oxygen atoms in total. The van der Waals surface area contributed by atoms with Crippen molar-refractivity contribution in [3.05, 3.63) is 59.2 Å². The maximum absolute atomic E-state index is 12.7. The molecule has 1 aliphatic rings. The van der Waals surface area contributed by atoms with Gasteiger partial charge in [0.1, 0.15) is 0 Å². The predicted molar refractivity (Wildman–Crippen MR) is 86.3 cm³/mol. The van der Waals surface area contributed by atoms with E-state index in [0.29, 0.717) is 9.88 Å². The van der Waals surface area contributed by atoms with Crippen molar-refractivity contribution in [2.45, 2.75) is 47.2 Å². The average molecular weight is 422 g/mol. The van der Waals surface area contributed by atoms with Gasteiger partial charge >= 0.3 is 141 Å². The van der Waals surface area contributed by atoms with Gasteiger partial charge in [-0.2, -0.15) is 0 Å². The van der Waals surface area contributed by atoms with Crippen LogP contribution in [0.3, 0.4) is 0 Å². The van der Waals surface area contributed by atoms with Crippen molar-refractivity contribution in [3.8, 4) is 0 Å². The minimum atomic E-state index is -4.26. The van der Waals surface area contributed by atoms with E-state index >= 15 is 0 Å². The Morgan fingerprint density at radius 1 is 1.23 bits per heavy atom. The quantitative estimate of drug-likeness (QED) is 0.412. The Bertz CT molecular complexity index is 555. The summed E-state index contributed by atoms with van der Waals surface area (Å²) in [6.45, 7) is 8.23. The Balaban J connectivity index is 2.23. The van der Waals surface area contributed by atoms with Crippen LogP contribution in [0.1, 0.15) is 43.7 Å². The Morgan fingerprint density at radius 3 is 2.36 bits per heavy atom. The number of hydrogen-bond donors (Lipinski definition) is 0. The summed E-state index contributed by atoms with van der Waals surface area (Å²) in [5.41, 5.74) is 3.43. The van der Waals surface area contributed by atoms with E-state index in [4.69, 9.17) is 0 Å². The van der Waals surface area contributed by atoms with E-state index in [1.165, 1.54) is 27.7 Å². The third kappa shape index (κ3) is 4.18. The molecule has 1 aliphatic heterocycles. The number of alkyl halides is 3. The number of rotatable bonds is 4. The molecule has 0 fully saturated rings. The Labute approximate surface area is 140 Å². The summed E-state index contributed by atoms with van der Waals surface area (Å²) >= 11 is -0.148. The average Bonchev–Trinajstić information content (AvgIpc) is 2.47. The molecule has 22 heavy (non-hydrogen) atoms. The second-order valence-corrected chi connectivity index (χ2v) is 9.37. The Morgan fingerprint density at radius 2 is 1.86 bits per heavy atom. The number of allylic oxidation sites excluding steroid dienone is 3. The Kier molecular flexibility index (Phi) is 5.80. The molecule has 0 aliphatic carbocycles. The van der Waals surface area contributed by atoms with Crippen LogP contribution < -0.4 is 0 Å². The molecule has 1 heterocycles. The molecule has 0 saturated heterocycles. The predicted octanol–water partition coefficient (Wildman–Crippen LogP) is 6.02. The van der Waals surface area contributed by atoms with Gasteiger partial charge in [-0.3, -0.25) is 0 Å². The fraction of sp³-hybridized carbons (Fsp3) is 0.444. The molecule has 2 atom stereocenters. The van der Waals surface area contributed by atoms with Gasteiger partial charge in [0.05, 0.1) is 0 Å². The van der Waals surface area contributed by atoms with Gasteiger partial charge in [-0.25, -0.2) is 0 Å². The van der Waals surface area contributed by atoms with Crippen LogP contribution in [0, 0.1) is 0 Å². The SMILES string of the molecule is C=CCC(c1ccc(C(F)(F)F)cc1)C1CC(C)=C(C)C[Te]1. The molecule has 1 aromatic rings. The summed E-state index contributed by atoms with van der Waals surface area (Å²) in [6.07, 6.45) is -0.432. The fourth-order valence-electron chi connectivity index (χ4n) is 2.75. The van der Waals surface area contributed by atoms with Gasteiger partial charge in [0.2, 0.25) is 0 Å². The van der Waals surface area contributed by atoms with Crippen LogP contribution in [0.25, 0.3) is 0 Å². The summed E-state index contributed by atoms with van der Waals surface area (Å²) in [6, 6.07) is 5.74. The second-order valence-electron chi connectivity index (χ2n) is 5.86. The molecule has 120 valence electrons. The monoisotopic (exact) mass is 424 g/mol. The first-order valence-corrected chi connectivity index (χ1v) is 10.4. The number of benzene rings is 1. The van der Waals surface area contributed by atoms with Crippen molar-refractivity contribution in [1.29, 1.82) is 0 Å². The van der Waals surface area contributed by atoms with Gasteiger partial charge in [-0.15, -0.1) is 0 Å². The van der Waals surface area contributed by atoms with Crippen molar-refractivity contribution in [3.63, 3.8) is 0 Å². The van der Waals surface area contributed by atoms with Crippen LogP contribution in [0.4, 0.5) is 13.2 Å². The maximum atomic E-state index is 12.7. The molecule has 1 aromatic carbocycles. The van der Waals surface area contributed by atoms with Gasteiger partial charge in [0.15, 0.2) is 0 Å². The summed E-state index contributed by atoms with van der Waals surface area (Å²) in [4.78, 5) is 0. The van der Waals surface area contributed by atoms with Gasteiger partial charge < -0.3 is 0 Å². The van der Waals surface area contributed by atoms with E-state index < -0.39 is 11.7 Å². The van der Waals surface area contributed by atoms with Crippen LogP contribution in [0.2, 0.25) is 8.43 Å². The third-order valence-corrected chi connectivity index (χ3v) is 8.63. The molecule has 4 heteroatoms. The first-order chi connectivity index (χ1) is 10.3. The van der Waals surface area contributed by atoms with Gasteiger partial charge in [-0.1, -0.05) is 0 Å². The summed E-state index contributed by atoms with van der Waals surface area (Å²) in [5.74, 6) is 0.310. The molecule has 2 unspecified atom stereocenters. The zero-order valence-electron chi connectivity index (χ0n) is 12.9. The first kappa shape index (κ1) is 17.6. The van der Waals surface area contributed by atoms with Crippen molar-refractivity contribution >= 4 is 20.9 Å². The zero-order valence-corrected chi connectivity index (χ0v) is 15.2. The third-order valence-electron chi connectivity index (χ3n) is 4.29. The minimum absolute atomic E-state index is 0.148. The zero-order chi connectivity index (χ0) is 16.3. The van der Waals surface area contributed by atoms with Gasteiger partial charge in [0, 0.05) is 0 Å². The van der Waals surface area contributed by atoms with Gasteiger partial charge in [-0.05, 0) is 0 Å². The molecule has 0 bridgehead atoms. The van der Waals surface area contributed by atoms with Crippen LogP contribution in [-0.4, -0.2) is 20.9 Å². The molecule has 0 saturated carbocycles. The second kappa shape index (κ2) is 7.23. The normalized spacial score (nSPS) is 20.9. The van der Waals surface area contributed by atoms with Crippen LogP contribution in [-0.2, 0) is 6.18 Å². The molecular weight excluding hydrogens is 401 g/mol. The van der Waals surface area contributed by atoms with Gasteiger partial charge in [0.25, 0.3) is 0 Å². The van der Waals surface area contributed by atoms with E-state index in [1.54, 1.807) is 12.1 Å². The molecular formula is C18H21F3Te. The van der Waals surface area contributed by atoms with E-state index in [0.717, 1.165) is 18.4 Å². The number of hydrogen-bond acceptors (Lipinski definition) is 0. The Hall–Kier alpha value is -0.720. The standard InChI is InChI=1S/C18H21F3Te/c1-4-5-16(17-10-12(2)13(3)11-22-17)14-6-8-15(9-7-14)18(19,20)21/h4,6-9,16-17H,1,5,10-11H2,2-3H3. The van der Waals surface area contributed by atoms with E-state index in [2.05, 4.69) is 20.4 Å². The van der Waals surface area contributed by atoms with E-state index in [9.17, 15) is 13.2 Å². The molecule has 0 aromatic heterocycles. The molecule has 0 N–H and O–H groups in total. The molecule has 0 spiro atoms. The van der Waals surface area contributed by atoms with Crippen molar-refractivity contribution in [1.82, 2.24) is 0 Å². The van der Waals surface area contributed by atoms with Crippen molar-refractivity contribution < 1.29 is 13.2 Å². The first-order valence-electron chi connectivity index (χ1n) is 7.37. The summed E-state index contributed by atoms with van der Waals surface area (Å²) in [5, 5.41) is 0. The topological polar surface area (TPSA) is 0 Å². The van der Waals surface area contributed by atoms with Crippen LogP contribution in [0.15, 0.2) is 48.1 Å². The molecule has 0 amide bonds. The fourth-order valence-corrected chi connectivity index (χ4v) is 7.26.